The van der Waals surface area contributed by atoms with Gasteiger partial charge in [0, 0.05) is 18.8 Å². The van der Waals surface area contributed by atoms with Gasteiger partial charge in [0.1, 0.15) is 17.3 Å². The molecule has 0 atom stereocenters. The van der Waals surface area contributed by atoms with E-state index in [0.29, 0.717) is 11.7 Å². The molecule has 6 heteroatoms. The van der Waals surface area contributed by atoms with Gasteiger partial charge in [-0.3, -0.25) is 0 Å². The summed E-state index contributed by atoms with van der Waals surface area (Å²) in [4.78, 5) is 8.77. The lowest BCUT2D eigenvalue weighted by Gasteiger charge is -2.12. The normalized spacial score (nSPS) is 10.2. The summed E-state index contributed by atoms with van der Waals surface area (Å²) in [6, 6.07) is 17.7. The Labute approximate surface area is 153 Å². The molecule has 6 nitrogen and oxygen atoms in total. The maximum Gasteiger partial charge on any atom is 0.229 e. The van der Waals surface area contributed by atoms with Crippen LogP contribution in [0.15, 0.2) is 60.8 Å². The standard InChI is InChI=1S/C20H22N4O2/c1-25-16-8-9-17(18(14-16)26-2)23-20-22-13-11-19(24-20)21-12-10-15-6-4-3-5-7-15/h3-9,11,13-14H,10,12H2,1-2H3,(H2,21,22,23,24). The largest absolute Gasteiger partial charge is 0.497 e. The van der Waals surface area contributed by atoms with Crippen LogP contribution in [0.2, 0.25) is 0 Å². The van der Waals surface area contributed by atoms with Crippen molar-refractivity contribution < 1.29 is 9.47 Å². The van der Waals surface area contributed by atoms with Gasteiger partial charge < -0.3 is 20.1 Å². The molecule has 3 aromatic rings. The average Bonchev–Trinajstić information content (AvgIpc) is 2.69. The van der Waals surface area contributed by atoms with Crippen LogP contribution in [0.5, 0.6) is 11.5 Å². The lowest BCUT2D eigenvalue weighted by molar-refractivity contribution is 0.395. The fourth-order valence-corrected chi connectivity index (χ4v) is 2.52. The highest BCUT2D eigenvalue weighted by atomic mass is 16.5. The number of benzene rings is 2. The summed E-state index contributed by atoms with van der Waals surface area (Å²) in [6.45, 7) is 0.798. The molecular weight excluding hydrogens is 328 g/mol. The molecule has 134 valence electrons. The minimum absolute atomic E-state index is 0.498. The predicted octanol–water partition coefficient (Wildman–Crippen LogP) is 3.89. The van der Waals surface area contributed by atoms with E-state index in [9.17, 15) is 0 Å². The van der Waals surface area contributed by atoms with E-state index in [2.05, 4.69) is 32.7 Å². The lowest BCUT2D eigenvalue weighted by atomic mass is 10.1. The van der Waals surface area contributed by atoms with E-state index in [1.165, 1.54) is 5.56 Å². The van der Waals surface area contributed by atoms with Gasteiger partial charge in [-0.05, 0) is 30.2 Å². The second kappa shape index (κ2) is 8.71. The Bertz CT molecular complexity index is 840. The molecule has 0 saturated heterocycles. The summed E-state index contributed by atoms with van der Waals surface area (Å²) in [5.41, 5.74) is 2.06. The Kier molecular flexibility index (Phi) is 5.88. The topological polar surface area (TPSA) is 68.3 Å². The van der Waals surface area contributed by atoms with E-state index in [-0.39, 0.29) is 0 Å². The molecule has 3 rings (SSSR count). The second-order valence-corrected chi connectivity index (χ2v) is 5.62. The maximum atomic E-state index is 5.39. The van der Waals surface area contributed by atoms with Crippen LogP contribution in [0.1, 0.15) is 5.56 Å². The summed E-state index contributed by atoms with van der Waals surface area (Å²) < 4.78 is 10.6. The van der Waals surface area contributed by atoms with Crippen LogP contribution in [-0.2, 0) is 6.42 Å². The van der Waals surface area contributed by atoms with Crippen molar-refractivity contribution in [2.24, 2.45) is 0 Å². The van der Waals surface area contributed by atoms with Crippen molar-refractivity contribution in [3.63, 3.8) is 0 Å². The van der Waals surface area contributed by atoms with Crippen molar-refractivity contribution in [2.45, 2.75) is 6.42 Å². The van der Waals surface area contributed by atoms with Crippen LogP contribution in [0.25, 0.3) is 0 Å². The van der Waals surface area contributed by atoms with Crippen LogP contribution >= 0.6 is 0 Å². The van der Waals surface area contributed by atoms with Crippen molar-refractivity contribution in [3.05, 3.63) is 66.4 Å². The SMILES string of the molecule is COc1ccc(Nc2nccc(NCCc3ccccc3)n2)c(OC)c1. The molecule has 0 amide bonds. The summed E-state index contributed by atoms with van der Waals surface area (Å²) in [5, 5.41) is 6.50. The van der Waals surface area contributed by atoms with Crippen LogP contribution in [-0.4, -0.2) is 30.7 Å². The zero-order valence-corrected chi connectivity index (χ0v) is 14.9. The maximum absolute atomic E-state index is 5.39. The van der Waals surface area contributed by atoms with Crippen molar-refractivity contribution in [2.75, 3.05) is 31.4 Å². The van der Waals surface area contributed by atoms with Crippen molar-refractivity contribution in [1.82, 2.24) is 9.97 Å². The lowest BCUT2D eigenvalue weighted by Crippen LogP contribution is -2.08. The first-order chi connectivity index (χ1) is 12.8. The second-order valence-electron chi connectivity index (χ2n) is 5.62. The number of rotatable bonds is 8. The zero-order chi connectivity index (χ0) is 18.2. The van der Waals surface area contributed by atoms with E-state index in [0.717, 1.165) is 30.2 Å². The van der Waals surface area contributed by atoms with Gasteiger partial charge in [-0.2, -0.15) is 4.98 Å². The van der Waals surface area contributed by atoms with Crippen molar-refractivity contribution in [1.29, 1.82) is 0 Å². The number of anilines is 3. The molecule has 26 heavy (non-hydrogen) atoms. The monoisotopic (exact) mass is 350 g/mol. The third-order valence-electron chi connectivity index (χ3n) is 3.87. The van der Waals surface area contributed by atoms with Gasteiger partial charge in [0.05, 0.1) is 19.9 Å². The van der Waals surface area contributed by atoms with Gasteiger partial charge >= 0.3 is 0 Å². The van der Waals surface area contributed by atoms with Gasteiger partial charge in [0.25, 0.3) is 0 Å². The smallest absolute Gasteiger partial charge is 0.229 e. The van der Waals surface area contributed by atoms with Crippen LogP contribution < -0.4 is 20.1 Å². The van der Waals surface area contributed by atoms with E-state index in [4.69, 9.17) is 9.47 Å². The molecule has 1 heterocycles. The molecule has 0 aliphatic rings. The first kappa shape index (κ1) is 17.5. The molecule has 0 saturated carbocycles. The Morgan fingerprint density at radius 2 is 1.81 bits per heavy atom. The predicted molar refractivity (Wildman–Crippen MR) is 103 cm³/mol. The first-order valence-corrected chi connectivity index (χ1v) is 8.38. The Morgan fingerprint density at radius 1 is 0.962 bits per heavy atom. The van der Waals surface area contributed by atoms with Crippen molar-refractivity contribution in [3.8, 4) is 11.5 Å². The molecule has 2 aromatic carbocycles. The van der Waals surface area contributed by atoms with E-state index in [1.54, 1.807) is 20.4 Å². The van der Waals surface area contributed by atoms with Gasteiger partial charge in [0.15, 0.2) is 0 Å². The number of methoxy groups -OCH3 is 2. The average molecular weight is 350 g/mol. The molecule has 0 aliphatic carbocycles. The molecule has 0 bridgehead atoms. The molecule has 0 radical (unpaired) electrons. The summed E-state index contributed by atoms with van der Waals surface area (Å²) in [5.74, 6) is 2.66. The van der Waals surface area contributed by atoms with Crippen LogP contribution in [0.4, 0.5) is 17.5 Å². The van der Waals surface area contributed by atoms with Gasteiger partial charge in [-0.25, -0.2) is 4.98 Å². The number of nitrogens with one attached hydrogen (secondary N) is 2. The molecule has 0 aliphatic heterocycles. The molecule has 0 unspecified atom stereocenters. The quantitative estimate of drug-likeness (QED) is 0.642. The Balaban J connectivity index is 1.64. The van der Waals surface area contributed by atoms with Crippen molar-refractivity contribution >= 4 is 17.5 Å². The third kappa shape index (κ3) is 4.63. The number of aromatic nitrogens is 2. The number of ether oxygens (including phenoxy) is 2. The first-order valence-electron chi connectivity index (χ1n) is 8.38. The minimum atomic E-state index is 0.498. The molecule has 0 spiro atoms. The number of nitrogens with zero attached hydrogens (tertiary/aromatic N) is 2. The van der Waals surface area contributed by atoms with E-state index in [1.807, 2.05) is 42.5 Å². The highest BCUT2D eigenvalue weighted by molar-refractivity contribution is 5.64. The highest BCUT2D eigenvalue weighted by Crippen LogP contribution is 2.30. The van der Waals surface area contributed by atoms with Gasteiger partial charge in [-0.15, -0.1) is 0 Å². The zero-order valence-electron chi connectivity index (χ0n) is 14.9. The summed E-state index contributed by atoms with van der Waals surface area (Å²) in [6.07, 6.45) is 2.65. The van der Waals surface area contributed by atoms with E-state index >= 15 is 0 Å². The third-order valence-corrected chi connectivity index (χ3v) is 3.87. The van der Waals surface area contributed by atoms with Crippen LogP contribution in [0, 0.1) is 0 Å². The number of hydrogen-bond donors (Lipinski definition) is 2. The molecule has 1 aromatic heterocycles. The molecule has 0 fully saturated rings. The number of hydrogen-bond acceptors (Lipinski definition) is 6. The molecule has 2 N–H and O–H groups in total. The van der Waals surface area contributed by atoms with Gasteiger partial charge in [0.2, 0.25) is 5.95 Å². The molecular formula is C20H22N4O2. The van der Waals surface area contributed by atoms with E-state index < -0.39 is 0 Å². The fraction of sp³-hybridized carbons (Fsp3) is 0.200. The van der Waals surface area contributed by atoms with Crippen LogP contribution in [0.3, 0.4) is 0 Å². The highest BCUT2D eigenvalue weighted by Gasteiger charge is 2.07. The Hall–Kier alpha value is -3.28. The summed E-state index contributed by atoms with van der Waals surface area (Å²) >= 11 is 0. The minimum Gasteiger partial charge on any atom is -0.497 e. The van der Waals surface area contributed by atoms with Gasteiger partial charge in [-0.1, -0.05) is 30.3 Å². The Morgan fingerprint density at radius 3 is 2.58 bits per heavy atom. The summed E-state index contributed by atoms with van der Waals surface area (Å²) in [7, 11) is 3.23. The fourth-order valence-electron chi connectivity index (χ4n) is 2.52.